The van der Waals surface area contributed by atoms with E-state index >= 15 is 0 Å². The van der Waals surface area contributed by atoms with E-state index in [4.69, 9.17) is 91.9 Å². The van der Waals surface area contributed by atoms with Crippen LogP contribution in [0.4, 0.5) is 0 Å². The van der Waals surface area contributed by atoms with Crippen molar-refractivity contribution >= 4 is 0 Å². The maximum absolute atomic E-state index is 8.25. The third kappa shape index (κ3) is 36.1. The third-order valence-corrected chi connectivity index (χ3v) is 7.81. The van der Waals surface area contributed by atoms with E-state index < -0.39 is 30.5 Å². The molecule has 9 heterocycles. The van der Waals surface area contributed by atoms with E-state index in [1.807, 2.05) is 164 Å². The van der Waals surface area contributed by atoms with Gasteiger partial charge in [-0.1, -0.05) is 54.6 Å². The third-order valence-electron chi connectivity index (χ3n) is 7.81. The fraction of sp³-hybridized carbons (Fsp3) is 0. The van der Waals surface area contributed by atoms with Crippen molar-refractivity contribution in [2.45, 2.75) is 0 Å². The molecular weight excluding hydrogens is 1360 g/mol. The molecular formula is C45H33Dy2N15O18. The van der Waals surface area contributed by atoms with Crippen LogP contribution < -0.4 is 0 Å². The Labute approximate surface area is 508 Å². The van der Waals surface area contributed by atoms with Crippen LogP contribution in [0.5, 0.6) is 0 Å². The Morgan fingerprint density at radius 1 is 0.200 bits per heavy atom. The van der Waals surface area contributed by atoms with E-state index in [0.717, 1.165) is 68.3 Å². The summed E-state index contributed by atoms with van der Waals surface area (Å²) in [4.78, 5) is 89.1. The van der Waals surface area contributed by atoms with Crippen molar-refractivity contribution in [2.24, 2.45) is 0 Å². The maximum atomic E-state index is 8.25. The van der Waals surface area contributed by atoms with Crippen LogP contribution in [-0.4, -0.2) is 75.4 Å². The van der Waals surface area contributed by atoms with E-state index in [1.165, 1.54) is 0 Å². The summed E-state index contributed by atoms with van der Waals surface area (Å²) in [5, 5.41) is 88.5. The minimum absolute atomic E-state index is 0. The Balaban J connectivity index is 0. The van der Waals surface area contributed by atoms with Crippen LogP contribution in [-0.2, 0) is 0 Å². The van der Waals surface area contributed by atoms with E-state index in [1.54, 1.807) is 37.2 Å². The van der Waals surface area contributed by atoms with Crippen LogP contribution in [0.3, 0.4) is 0 Å². The maximum Gasteiger partial charge on any atom is 3.00 e. The Hall–Kier alpha value is -9.90. The van der Waals surface area contributed by atoms with Gasteiger partial charge in [0.25, 0.3) is 0 Å². The zero-order valence-corrected chi connectivity index (χ0v) is 43.8. The van der Waals surface area contributed by atoms with Crippen LogP contribution >= 0.6 is 0 Å². The second-order valence-corrected chi connectivity index (χ2v) is 12.9. The van der Waals surface area contributed by atoms with E-state index in [-0.39, 0.29) is 76.3 Å². The Kier molecular flexibility index (Phi) is 39.0. The predicted octanol–water partition coefficient (Wildman–Crippen LogP) is 8.18. The van der Waals surface area contributed by atoms with Crippen molar-refractivity contribution in [1.29, 1.82) is 0 Å². The first-order chi connectivity index (χ1) is 37.2. The van der Waals surface area contributed by atoms with Gasteiger partial charge in [0, 0.05) is 37.2 Å². The molecule has 0 saturated carbocycles. The first kappa shape index (κ1) is 72.2. The molecule has 0 amide bonds. The van der Waals surface area contributed by atoms with E-state index in [0.29, 0.717) is 0 Å². The Morgan fingerprint density at radius 2 is 0.312 bits per heavy atom. The molecule has 416 valence electrons. The van der Waals surface area contributed by atoms with Gasteiger partial charge in [-0.05, 0) is 109 Å². The first-order valence-electron chi connectivity index (χ1n) is 20.5. The van der Waals surface area contributed by atoms with E-state index in [9.17, 15) is 0 Å². The summed E-state index contributed by atoms with van der Waals surface area (Å²) >= 11 is 0. The van der Waals surface area contributed by atoms with E-state index in [2.05, 4.69) is 44.9 Å². The van der Waals surface area contributed by atoms with Gasteiger partial charge in [-0.25, -0.2) is 15.0 Å². The second kappa shape index (κ2) is 43.2. The van der Waals surface area contributed by atoms with Crippen molar-refractivity contribution < 1.29 is 107 Å². The summed E-state index contributed by atoms with van der Waals surface area (Å²) in [5.74, 6) is 0. The van der Waals surface area contributed by atoms with Gasteiger partial charge in [0.2, 0.25) is 0 Å². The van der Waals surface area contributed by atoms with Gasteiger partial charge in [-0.2, -0.15) is 0 Å². The minimum atomic E-state index is -1.75. The Bertz CT molecular complexity index is 2620. The molecule has 0 atom stereocenters. The number of rotatable bonds is 6. The monoisotopic (exact) mass is 1400 g/mol. The van der Waals surface area contributed by atoms with Crippen LogP contribution in [0.1, 0.15) is 0 Å². The van der Waals surface area contributed by atoms with Gasteiger partial charge < -0.3 is 91.9 Å². The smallest absolute Gasteiger partial charge is 0.356 e. The van der Waals surface area contributed by atoms with Gasteiger partial charge in [0.1, 0.15) is 0 Å². The minimum Gasteiger partial charge on any atom is -0.356 e. The molecule has 9 aromatic heterocycles. The second-order valence-electron chi connectivity index (χ2n) is 12.9. The number of nitrogens with zero attached hydrogens (tertiary/aromatic N) is 15. The molecule has 0 aliphatic rings. The van der Waals surface area contributed by atoms with Gasteiger partial charge in [-0.3, -0.25) is 29.9 Å². The largest absolute Gasteiger partial charge is 3.00 e. The average Bonchev–Trinajstić information content (AvgIpc) is 3.42. The molecule has 0 fully saturated rings. The molecule has 0 aliphatic heterocycles. The molecule has 0 saturated heterocycles. The summed E-state index contributed by atoms with van der Waals surface area (Å²) in [6, 6.07) is 52.4. The number of pyridine rings is 9. The van der Waals surface area contributed by atoms with Gasteiger partial charge in [0.15, 0.2) is 0 Å². The van der Waals surface area contributed by atoms with Gasteiger partial charge in [0.05, 0.1) is 98.8 Å². The summed E-state index contributed by atoms with van der Waals surface area (Å²) in [6.45, 7) is 0. The number of aromatic nitrogens is 9. The van der Waals surface area contributed by atoms with Crippen molar-refractivity contribution in [3.05, 3.63) is 293 Å². The van der Waals surface area contributed by atoms with Crippen molar-refractivity contribution in [3.63, 3.8) is 0 Å². The Morgan fingerprint density at radius 3 is 0.412 bits per heavy atom. The molecule has 9 aromatic rings. The molecule has 35 heteroatoms. The zero-order chi connectivity index (χ0) is 58.1. The molecule has 0 spiro atoms. The fourth-order valence-electron chi connectivity index (χ4n) is 5.25. The average molecular weight is 1400 g/mol. The summed E-state index contributed by atoms with van der Waals surface area (Å²) < 4.78 is 0. The standard InChI is InChI=1S/3C15H11N3.2Dy.6NO3/c3*1-3-10-16-12(6-1)14-8-5-9-15(18-14)13-7-2-4-11-17-13;;;6*2-1(3)4/h3*1-11H;;;;;;;;/q;;;2*+3;6*-1. The summed E-state index contributed by atoms with van der Waals surface area (Å²) in [6.07, 6.45) is 10.6. The molecule has 80 heavy (non-hydrogen) atoms. The van der Waals surface area contributed by atoms with Crippen LogP contribution in [0, 0.1) is 168 Å². The van der Waals surface area contributed by atoms with Gasteiger partial charge in [-0.15, -0.1) is 0 Å². The molecule has 2 radical (unpaired) electrons. The quantitative estimate of drug-likeness (QED) is 0.112. The molecule has 0 aromatic carbocycles. The number of hydrogen-bond donors (Lipinski definition) is 0. The fourth-order valence-corrected chi connectivity index (χ4v) is 5.25. The molecule has 0 unspecified atom stereocenters. The normalized spacial score (nSPS) is 8.70. The molecule has 0 bridgehead atoms. The molecule has 0 aliphatic carbocycles. The van der Waals surface area contributed by atoms with Crippen molar-refractivity contribution in [2.75, 3.05) is 0 Å². The molecule has 0 N–H and O–H groups in total. The first-order valence-corrected chi connectivity index (χ1v) is 20.5. The molecule has 9 rings (SSSR count). The topological polar surface area (TPSA) is 513 Å². The van der Waals surface area contributed by atoms with Crippen molar-refractivity contribution in [1.82, 2.24) is 44.9 Å². The van der Waals surface area contributed by atoms with Gasteiger partial charge >= 0.3 is 76.3 Å². The van der Waals surface area contributed by atoms with Crippen LogP contribution in [0.15, 0.2) is 201 Å². The predicted molar refractivity (Wildman–Crippen MR) is 274 cm³/mol. The molecule has 33 nitrogen and oxygen atoms in total. The number of hydrogen-bond acceptors (Lipinski definition) is 27. The SMILES string of the molecule is O=[N+]([O-])[O-].O=[N+]([O-])[O-].O=[N+]([O-])[O-].O=[N+]([O-])[O-].O=[N+]([O-])[O-].O=[N+]([O-])[O-].[Dy+3].[Dy+3].c1ccc(-c2cccc(-c3ccccn3)n2)nc1.c1ccc(-c2cccc(-c3ccccn3)n2)nc1.c1ccc(-c2cccc(-c3ccccn3)n2)nc1. The zero-order valence-electron chi connectivity index (χ0n) is 39.7. The summed E-state index contributed by atoms with van der Waals surface area (Å²) in [5.41, 5.74) is 10.4. The van der Waals surface area contributed by atoms with Crippen LogP contribution in [0.2, 0.25) is 0 Å². The van der Waals surface area contributed by atoms with Crippen molar-refractivity contribution in [3.8, 4) is 68.3 Å². The van der Waals surface area contributed by atoms with Crippen LogP contribution in [0.25, 0.3) is 68.3 Å². The summed E-state index contributed by atoms with van der Waals surface area (Å²) in [7, 11) is 0.